The predicted molar refractivity (Wildman–Crippen MR) is 58.4 cm³/mol. The van der Waals surface area contributed by atoms with Gasteiger partial charge in [0.05, 0.1) is 25.9 Å². The molecule has 0 aromatic heterocycles. The van der Waals surface area contributed by atoms with Crippen molar-refractivity contribution in [3.8, 4) is 0 Å². The summed E-state index contributed by atoms with van der Waals surface area (Å²) in [6.45, 7) is -0.1000. The van der Waals surface area contributed by atoms with Crippen molar-refractivity contribution >= 4 is 18.6 Å². The number of hydrogen-bond donors (Lipinski definition) is 2. The fraction of sp³-hybridized carbons (Fsp3) is 0.300. The third-order valence-electron chi connectivity index (χ3n) is 1.98. The van der Waals surface area contributed by atoms with Crippen LogP contribution in [0.5, 0.6) is 0 Å². The Morgan fingerprint density at radius 1 is 1.38 bits per heavy atom. The molecule has 0 unspecified atom stereocenters. The van der Waals surface area contributed by atoms with E-state index in [1.54, 1.807) is 12.1 Å². The van der Waals surface area contributed by atoms with Gasteiger partial charge in [0.2, 0.25) is 0 Å². The predicted octanol–water partition coefficient (Wildman–Crippen LogP) is -0.830. The third kappa shape index (κ3) is 3.34. The Labute approximate surface area is 93.8 Å². The molecule has 0 amide bonds. The molecular weight excluding hydrogens is 211 g/mol. The Kier molecular flexibility index (Phi) is 4.98. The van der Waals surface area contributed by atoms with E-state index in [1.165, 1.54) is 19.2 Å². The number of aliphatic hydroxyl groups excluding tert-OH is 1. The van der Waals surface area contributed by atoms with Crippen molar-refractivity contribution in [2.45, 2.75) is 0 Å². The van der Waals surface area contributed by atoms with Gasteiger partial charge >= 0.3 is 13.1 Å². The largest absolute Gasteiger partial charge is 0.491 e. The zero-order chi connectivity index (χ0) is 12.0. The van der Waals surface area contributed by atoms with Gasteiger partial charge in [0.1, 0.15) is 0 Å². The zero-order valence-electron chi connectivity index (χ0n) is 8.92. The summed E-state index contributed by atoms with van der Waals surface area (Å²) in [5.41, 5.74) is 0.918. The van der Waals surface area contributed by atoms with Crippen molar-refractivity contribution in [2.24, 2.45) is 0 Å². The minimum absolute atomic E-state index is 0.0555. The van der Waals surface area contributed by atoms with E-state index in [0.717, 1.165) is 0 Å². The van der Waals surface area contributed by atoms with Crippen molar-refractivity contribution in [3.63, 3.8) is 0 Å². The quantitative estimate of drug-likeness (QED) is 0.504. The lowest BCUT2D eigenvalue weighted by Crippen LogP contribution is -2.34. The summed E-state index contributed by atoms with van der Waals surface area (Å²) in [6, 6.07) is 6.20. The monoisotopic (exact) mass is 224 g/mol. The van der Waals surface area contributed by atoms with Crippen LogP contribution in [0.4, 0.5) is 0 Å². The molecule has 5 nitrogen and oxygen atoms in total. The molecule has 0 spiro atoms. The fourth-order valence-electron chi connectivity index (χ4n) is 1.16. The number of aliphatic hydroxyl groups is 1. The van der Waals surface area contributed by atoms with E-state index in [9.17, 15) is 9.82 Å². The fourth-order valence-corrected chi connectivity index (χ4v) is 1.16. The molecule has 0 heterocycles. The Bertz CT molecular complexity index is 338. The average Bonchev–Trinajstić information content (AvgIpc) is 2.35. The van der Waals surface area contributed by atoms with Gasteiger partial charge in [-0.25, -0.2) is 4.79 Å². The zero-order valence-corrected chi connectivity index (χ0v) is 8.92. The summed E-state index contributed by atoms with van der Waals surface area (Å²) in [7, 11) is 0.203. The highest BCUT2D eigenvalue weighted by molar-refractivity contribution is 6.59. The smallest absolute Gasteiger partial charge is 0.465 e. The van der Waals surface area contributed by atoms with Crippen LogP contribution in [0.15, 0.2) is 24.3 Å². The lowest BCUT2D eigenvalue weighted by Gasteiger charge is -2.07. The van der Waals surface area contributed by atoms with Crippen LogP contribution in [0.25, 0.3) is 0 Å². The summed E-state index contributed by atoms with van der Waals surface area (Å²) in [4.78, 5) is 11.1. The molecule has 16 heavy (non-hydrogen) atoms. The summed E-state index contributed by atoms with van der Waals surface area (Å²) in [6.07, 6.45) is 0. The average molecular weight is 224 g/mol. The molecule has 0 radical (unpaired) electrons. The van der Waals surface area contributed by atoms with Crippen LogP contribution >= 0.6 is 0 Å². The number of hydrogen-bond acceptors (Lipinski definition) is 5. The van der Waals surface area contributed by atoms with Gasteiger partial charge in [-0.05, 0) is 17.6 Å². The molecule has 0 aliphatic rings. The molecule has 1 rings (SSSR count). The van der Waals surface area contributed by atoms with Crippen molar-refractivity contribution in [1.82, 2.24) is 0 Å². The van der Waals surface area contributed by atoms with Crippen LogP contribution in [0.3, 0.4) is 0 Å². The maximum atomic E-state index is 11.1. The number of benzene rings is 1. The molecule has 86 valence electrons. The van der Waals surface area contributed by atoms with Crippen LogP contribution in [-0.2, 0) is 9.39 Å². The first kappa shape index (κ1) is 12.7. The van der Waals surface area contributed by atoms with Gasteiger partial charge in [0.25, 0.3) is 0 Å². The molecule has 6 heteroatoms. The Morgan fingerprint density at radius 2 is 2.00 bits per heavy atom. The number of carbonyl (C=O) groups excluding carboxylic acids is 1. The first-order valence-corrected chi connectivity index (χ1v) is 4.78. The van der Waals surface area contributed by atoms with Gasteiger partial charge in [-0.1, -0.05) is 12.1 Å². The van der Waals surface area contributed by atoms with Gasteiger partial charge in [0, 0.05) is 0 Å². The number of ether oxygens (including phenoxy) is 1. The summed E-state index contributed by atoms with van der Waals surface area (Å²) in [5.74, 6) is -0.433. The highest BCUT2D eigenvalue weighted by Gasteiger charge is 2.16. The van der Waals surface area contributed by atoms with E-state index < -0.39 is 13.1 Å². The minimum Gasteiger partial charge on any atom is -0.465 e. The molecule has 1 aromatic carbocycles. The first-order valence-electron chi connectivity index (χ1n) is 4.78. The third-order valence-corrected chi connectivity index (χ3v) is 1.98. The van der Waals surface area contributed by atoms with E-state index >= 15 is 0 Å². The van der Waals surface area contributed by atoms with E-state index in [1.807, 2.05) is 0 Å². The Hall–Kier alpha value is -1.37. The van der Waals surface area contributed by atoms with E-state index in [0.29, 0.717) is 11.0 Å². The van der Waals surface area contributed by atoms with E-state index in [4.69, 9.17) is 9.76 Å². The molecule has 0 bridgehead atoms. The number of esters is 1. The molecule has 0 aliphatic carbocycles. The summed E-state index contributed by atoms with van der Waals surface area (Å²) in [5, 5.41) is 18.0. The highest BCUT2D eigenvalue weighted by atomic mass is 16.5. The second-order valence-corrected chi connectivity index (χ2v) is 3.06. The van der Waals surface area contributed by atoms with E-state index in [-0.39, 0.29) is 13.2 Å². The maximum absolute atomic E-state index is 11.1. The van der Waals surface area contributed by atoms with Crippen molar-refractivity contribution < 1.29 is 24.3 Å². The number of carbonyl (C=O) groups is 1. The molecule has 0 saturated heterocycles. The topological polar surface area (TPSA) is 76.0 Å². The van der Waals surface area contributed by atoms with Crippen molar-refractivity contribution in [1.29, 1.82) is 0 Å². The van der Waals surface area contributed by atoms with Crippen LogP contribution < -0.4 is 5.46 Å². The summed E-state index contributed by atoms with van der Waals surface area (Å²) >= 11 is 0. The molecule has 1 aromatic rings. The maximum Gasteiger partial charge on any atom is 0.491 e. The van der Waals surface area contributed by atoms with Crippen molar-refractivity contribution in [2.75, 3.05) is 20.3 Å². The first-order chi connectivity index (χ1) is 7.69. The van der Waals surface area contributed by atoms with Gasteiger partial charge in [-0.2, -0.15) is 0 Å². The lowest BCUT2D eigenvalue weighted by molar-refractivity contribution is 0.0600. The minimum atomic E-state index is -1.10. The number of rotatable bonds is 5. The second kappa shape index (κ2) is 6.27. The van der Waals surface area contributed by atoms with Crippen LogP contribution in [0.1, 0.15) is 10.4 Å². The molecule has 0 saturated carbocycles. The molecule has 0 fully saturated rings. The van der Waals surface area contributed by atoms with Crippen LogP contribution in [0, 0.1) is 0 Å². The standard InChI is InChI=1S/C10H13BO5/c1-15-10(13)8-2-4-9(5-3-8)11(14)16-7-6-12/h2-5,12,14H,6-7H2,1H3. The SMILES string of the molecule is COC(=O)c1ccc(B(O)OCCO)cc1. The highest BCUT2D eigenvalue weighted by Crippen LogP contribution is 1.99. The van der Waals surface area contributed by atoms with Gasteiger partial charge < -0.3 is 19.5 Å². The number of methoxy groups -OCH3 is 1. The van der Waals surface area contributed by atoms with Gasteiger partial charge in [-0.15, -0.1) is 0 Å². The molecule has 0 atom stereocenters. The van der Waals surface area contributed by atoms with E-state index in [2.05, 4.69) is 4.74 Å². The van der Waals surface area contributed by atoms with Gasteiger partial charge in [0.15, 0.2) is 0 Å². The Morgan fingerprint density at radius 3 is 2.50 bits per heavy atom. The molecular formula is C10H13BO5. The van der Waals surface area contributed by atoms with Crippen molar-refractivity contribution in [3.05, 3.63) is 29.8 Å². The summed E-state index contributed by atoms with van der Waals surface area (Å²) < 4.78 is 9.43. The lowest BCUT2D eigenvalue weighted by atomic mass is 9.79. The van der Waals surface area contributed by atoms with Crippen LogP contribution in [-0.4, -0.2) is 43.5 Å². The van der Waals surface area contributed by atoms with Gasteiger partial charge in [-0.3, -0.25) is 0 Å². The van der Waals surface area contributed by atoms with Crippen LogP contribution in [0.2, 0.25) is 0 Å². The molecule has 2 N–H and O–H groups in total. The Balaban J connectivity index is 2.67. The normalized spacial score (nSPS) is 9.94. The second-order valence-electron chi connectivity index (χ2n) is 3.06. The molecule has 0 aliphatic heterocycles.